The third kappa shape index (κ3) is 3.93. The van der Waals surface area contributed by atoms with E-state index in [1.807, 2.05) is 51.1 Å². The van der Waals surface area contributed by atoms with Crippen LogP contribution in [0.15, 0.2) is 30.3 Å². The molecule has 18 heavy (non-hydrogen) atoms. The van der Waals surface area contributed by atoms with Crippen LogP contribution in [-0.4, -0.2) is 42.0 Å². The monoisotopic (exact) mass is 249 g/mol. The van der Waals surface area contributed by atoms with Crippen LogP contribution in [0.3, 0.4) is 0 Å². The summed E-state index contributed by atoms with van der Waals surface area (Å²) >= 11 is 0. The first-order valence-corrected chi connectivity index (χ1v) is 6.44. The number of hydrogen-bond acceptors (Lipinski definition) is 3. The maximum Gasteiger partial charge on any atom is 0.169 e. The van der Waals surface area contributed by atoms with Crippen molar-refractivity contribution in [3.63, 3.8) is 0 Å². The maximum atomic E-state index is 12.4. The van der Waals surface area contributed by atoms with Crippen LogP contribution in [0.25, 0.3) is 0 Å². The van der Waals surface area contributed by atoms with Gasteiger partial charge in [0.15, 0.2) is 5.78 Å². The van der Waals surface area contributed by atoms with Gasteiger partial charge >= 0.3 is 0 Å². The minimum absolute atomic E-state index is 0.128. The fourth-order valence-corrected chi connectivity index (χ4v) is 2.10. The lowest BCUT2D eigenvalue weighted by Gasteiger charge is -2.30. The fraction of sp³-hybridized carbons (Fsp3) is 0.533. The number of benzene rings is 1. The Balaban J connectivity index is 2.76. The summed E-state index contributed by atoms with van der Waals surface area (Å²) in [7, 11) is 0. The van der Waals surface area contributed by atoms with E-state index in [9.17, 15) is 4.79 Å². The van der Waals surface area contributed by atoms with Gasteiger partial charge in [-0.15, -0.1) is 0 Å². The lowest BCUT2D eigenvalue weighted by atomic mass is 9.83. The molecule has 0 fully saturated rings. The van der Waals surface area contributed by atoms with Crippen molar-refractivity contribution < 1.29 is 9.90 Å². The van der Waals surface area contributed by atoms with Crippen LogP contribution >= 0.6 is 0 Å². The Bertz CT molecular complexity index is 373. The predicted octanol–water partition coefficient (Wildman–Crippen LogP) is 2.21. The molecule has 0 aromatic heterocycles. The van der Waals surface area contributed by atoms with Gasteiger partial charge in [0.05, 0.1) is 6.61 Å². The van der Waals surface area contributed by atoms with E-state index >= 15 is 0 Å². The first-order valence-electron chi connectivity index (χ1n) is 6.44. The Kier molecular flexibility index (Phi) is 5.51. The highest BCUT2D eigenvalue weighted by Crippen LogP contribution is 2.23. The number of carbonyl (C=O) groups excluding carboxylic acids is 1. The van der Waals surface area contributed by atoms with Crippen LogP contribution < -0.4 is 0 Å². The Morgan fingerprint density at radius 3 is 2.39 bits per heavy atom. The van der Waals surface area contributed by atoms with E-state index in [1.54, 1.807) is 0 Å². The molecule has 0 aliphatic heterocycles. The summed E-state index contributed by atoms with van der Waals surface area (Å²) in [6.07, 6.45) is 0. The second-order valence-corrected chi connectivity index (χ2v) is 5.17. The van der Waals surface area contributed by atoms with E-state index in [1.165, 1.54) is 0 Å². The summed E-state index contributed by atoms with van der Waals surface area (Å²) in [5.74, 6) is 0.152. The van der Waals surface area contributed by atoms with Crippen LogP contribution in [0.4, 0.5) is 0 Å². The molecule has 0 saturated heterocycles. The first-order chi connectivity index (χ1) is 8.51. The molecule has 0 aliphatic rings. The van der Waals surface area contributed by atoms with Gasteiger partial charge in [-0.3, -0.25) is 4.79 Å². The number of aliphatic hydroxyl groups excluding tert-OH is 1. The van der Waals surface area contributed by atoms with Crippen LogP contribution in [-0.2, 0) is 0 Å². The van der Waals surface area contributed by atoms with Crippen molar-refractivity contribution in [1.29, 1.82) is 0 Å². The molecule has 0 atom stereocenters. The van der Waals surface area contributed by atoms with Crippen molar-refractivity contribution in [3.05, 3.63) is 35.9 Å². The molecule has 0 heterocycles. The first kappa shape index (κ1) is 14.9. The Morgan fingerprint density at radius 2 is 1.89 bits per heavy atom. The van der Waals surface area contributed by atoms with Crippen LogP contribution in [0.1, 0.15) is 31.1 Å². The molecular formula is C15H23NO2. The lowest BCUT2D eigenvalue weighted by Crippen LogP contribution is -2.40. The van der Waals surface area contributed by atoms with E-state index < -0.39 is 5.41 Å². The van der Waals surface area contributed by atoms with Crippen molar-refractivity contribution in [2.45, 2.75) is 20.8 Å². The third-order valence-corrected chi connectivity index (χ3v) is 3.13. The molecule has 1 aromatic carbocycles. The number of rotatable bonds is 7. The minimum atomic E-state index is -0.438. The molecule has 3 nitrogen and oxygen atoms in total. The molecule has 0 bridgehead atoms. The Labute approximate surface area is 109 Å². The second-order valence-electron chi connectivity index (χ2n) is 5.17. The number of nitrogens with zero attached hydrogens (tertiary/aromatic N) is 1. The summed E-state index contributed by atoms with van der Waals surface area (Å²) in [5, 5.41) is 8.99. The largest absolute Gasteiger partial charge is 0.395 e. The average Bonchev–Trinajstić information content (AvgIpc) is 2.38. The zero-order valence-electron chi connectivity index (χ0n) is 11.5. The number of aliphatic hydroxyl groups is 1. The van der Waals surface area contributed by atoms with Crippen molar-refractivity contribution in [1.82, 2.24) is 4.90 Å². The summed E-state index contributed by atoms with van der Waals surface area (Å²) in [4.78, 5) is 14.5. The maximum absolute atomic E-state index is 12.4. The zero-order chi connectivity index (χ0) is 13.6. The van der Waals surface area contributed by atoms with Crippen LogP contribution in [0.2, 0.25) is 0 Å². The highest BCUT2D eigenvalue weighted by atomic mass is 16.3. The van der Waals surface area contributed by atoms with E-state index in [4.69, 9.17) is 5.11 Å². The Morgan fingerprint density at radius 1 is 1.28 bits per heavy atom. The van der Waals surface area contributed by atoms with Crippen molar-refractivity contribution in [2.75, 3.05) is 26.2 Å². The van der Waals surface area contributed by atoms with E-state index in [0.717, 1.165) is 12.1 Å². The number of carbonyl (C=O) groups is 1. The average molecular weight is 249 g/mol. The molecule has 1 N–H and O–H groups in total. The summed E-state index contributed by atoms with van der Waals surface area (Å²) in [5.41, 5.74) is 0.314. The molecule has 0 aliphatic carbocycles. The third-order valence-electron chi connectivity index (χ3n) is 3.13. The van der Waals surface area contributed by atoms with E-state index in [-0.39, 0.29) is 12.4 Å². The fourth-order valence-electron chi connectivity index (χ4n) is 2.10. The van der Waals surface area contributed by atoms with Gasteiger partial charge in [0, 0.05) is 24.1 Å². The van der Waals surface area contributed by atoms with Gasteiger partial charge in [-0.25, -0.2) is 0 Å². The molecule has 0 amide bonds. The van der Waals surface area contributed by atoms with Crippen molar-refractivity contribution >= 4 is 5.78 Å². The number of ketones is 1. The zero-order valence-corrected chi connectivity index (χ0v) is 11.5. The van der Waals surface area contributed by atoms with Gasteiger partial charge in [0.2, 0.25) is 0 Å². The molecule has 1 aromatic rings. The molecule has 0 unspecified atom stereocenters. The van der Waals surface area contributed by atoms with Crippen molar-refractivity contribution in [3.8, 4) is 0 Å². The summed E-state index contributed by atoms with van der Waals surface area (Å²) in [6, 6.07) is 9.38. The molecule has 0 spiro atoms. The van der Waals surface area contributed by atoms with Gasteiger partial charge in [0.25, 0.3) is 0 Å². The molecule has 100 valence electrons. The van der Waals surface area contributed by atoms with Crippen LogP contribution in [0, 0.1) is 5.41 Å². The highest BCUT2D eigenvalue weighted by Gasteiger charge is 2.30. The number of Topliss-reactive ketones (excluding diaryl/α,β-unsaturated/α-hetero) is 1. The lowest BCUT2D eigenvalue weighted by molar-refractivity contribution is 0.0749. The SMILES string of the molecule is CCN(CCO)CC(C)(C)C(=O)c1ccccc1. The molecule has 0 saturated carbocycles. The van der Waals surface area contributed by atoms with Gasteiger partial charge in [-0.1, -0.05) is 51.1 Å². The minimum Gasteiger partial charge on any atom is -0.395 e. The number of hydrogen-bond donors (Lipinski definition) is 1. The summed E-state index contributed by atoms with van der Waals surface area (Å²) < 4.78 is 0. The van der Waals surface area contributed by atoms with E-state index in [2.05, 4.69) is 4.90 Å². The van der Waals surface area contributed by atoms with Gasteiger partial charge in [-0.05, 0) is 6.54 Å². The molecule has 0 radical (unpaired) electrons. The van der Waals surface area contributed by atoms with Gasteiger partial charge in [0.1, 0.15) is 0 Å². The van der Waals surface area contributed by atoms with Crippen molar-refractivity contribution in [2.24, 2.45) is 5.41 Å². The highest BCUT2D eigenvalue weighted by molar-refractivity contribution is 6.00. The summed E-state index contributed by atoms with van der Waals surface area (Å²) in [6.45, 7) is 8.21. The predicted molar refractivity (Wildman–Crippen MR) is 73.8 cm³/mol. The van der Waals surface area contributed by atoms with Gasteiger partial charge < -0.3 is 10.0 Å². The Hall–Kier alpha value is -1.19. The molecule has 1 rings (SSSR count). The standard InChI is InChI=1S/C15H23NO2/c1-4-16(10-11-17)12-15(2,3)14(18)13-8-6-5-7-9-13/h5-9,17H,4,10-12H2,1-3H3. The van der Waals surface area contributed by atoms with E-state index in [0.29, 0.717) is 13.1 Å². The number of likely N-dealkylation sites (N-methyl/N-ethyl adjacent to an activating group) is 1. The van der Waals surface area contributed by atoms with Crippen LogP contribution in [0.5, 0.6) is 0 Å². The smallest absolute Gasteiger partial charge is 0.169 e. The topological polar surface area (TPSA) is 40.5 Å². The van der Waals surface area contributed by atoms with Gasteiger partial charge in [-0.2, -0.15) is 0 Å². The second kappa shape index (κ2) is 6.66. The molecule has 3 heteroatoms. The quantitative estimate of drug-likeness (QED) is 0.753. The normalized spacial score (nSPS) is 11.8. The molecular weight excluding hydrogens is 226 g/mol.